The summed E-state index contributed by atoms with van der Waals surface area (Å²) in [5.74, 6) is 0. The van der Waals surface area contributed by atoms with Crippen LogP contribution in [0.2, 0.25) is 0 Å². The minimum absolute atomic E-state index is 0.426. The van der Waals surface area contributed by atoms with Gasteiger partial charge in [0.1, 0.15) is 0 Å². The van der Waals surface area contributed by atoms with Gasteiger partial charge in [-0.2, -0.15) is 0 Å². The van der Waals surface area contributed by atoms with Crippen LogP contribution in [0.3, 0.4) is 0 Å². The molecule has 0 aliphatic heterocycles. The Bertz CT molecular complexity index is 111. The van der Waals surface area contributed by atoms with E-state index >= 15 is 0 Å². The number of furan rings is 1. The molecular formula is C4H4O. The first-order chi connectivity index (χ1) is 2.89. The van der Waals surface area contributed by atoms with E-state index in [0.717, 1.165) is 0 Å². The molecule has 0 spiro atoms. The average Bonchev–Trinajstić information content (AvgIpc) is 1.86. The number of rotatable bonds is 0. The summed E-state index contributed by atoms with van der Waals surface area (Å²) in [5, 5.41) is 0. The van der Waals surface area contributed by atoms with E-state index in [1.54, 1.807) is 6.07 Å². The maximum Gasteiger partial charge on any atom is 0.0902 e. The second-order valence-corrected chi connectivity index (χ2v) is 0.723. The quantitative estimate of drug-likeness (QED) is 0.447. The first-order valence-electron chi connectivity index (χ1n) is 1.88. The van der Waals surface area contributed by atoms with E-state index in [0.29, 0.717) is 6.04 Å². The topological polar surface area (TPSA) is 13.1 Å². The molecule has 0 N–H and O–H groups in total. The van der Waals surface area contributed by atoms with Crippen molar-refractivity contribution in [2.24, 2.45) is 0 Å². The van der Waals surface area contributed by atoms with Gasteiger partial charge in [-0.15, -0.1) is 0 Å². The smallest absolute Gasteiger partial charge is 0.0902 e. The highest BCUT2D eigenvalue weighted by atomic mass is 16.3. The highest BCUT2D eigenvalue weighted by molar-refractivity contribution is 4.79. The molecule has 1 heteroatoms. The molecule has 0 saturated heterocycles. The van der Waals surface area contributed by atoms with Crippen molar-refractivity contribution in [1.29, 1.82) is 0 Å². The Morgan fingerprint density at radius 2 is 2.60 bits per heavy atom. The van der Waals surface area contributed by atoms with Crippen LogP contribution in [0.15, 0.2) is 29.1 Å². The van der Waals surface area contributed by atoms with Gasteiger partial charge in [0.2, 0.25) is 0 Å². The third-order valence-electron chi connectivity index (χ3n) is 0.379. The van der Waals surface area contributed by atoms with Crippen LogP contribution < -0.4 is 0 Å². The van der Waals surface area contributed by atoms with Crippen molar-refractivity contribution < 1.29 is 5.79 Å². The summed E-state index contributed by atoms with van der Waals surface area (Å²) in [4.78, 5) is 0. The summed E-state index contributed by atoms with van der Waals surface area (Å²) < 4.78 is 11.3. The Hall–Kier alpha value is -0.720. The van der Waals surface area contributed by atoms with E-state index in [-0.39, 0.29) is 0 Å². The molecular weight excluding hydrogens is 64.0 g/mol. The molecule has 0 amide bonds. The number of hydrogen-bond acceptors (Lipinski definition) is 1. The summed E-state index contributed by atoms with van der Waals surface area (Å²) in [5.41, 5.74) is 0. The van der Waals surface area contributed by atoms with Crippen LogP contribution in [-0.4, -0.2) is 0 Å². The minimum atomic E-state index is 0.426. The predicted molar refractivity (Wildman–Crippen MR) is 18.7 cm³/mol. The zero-order valence-electron chi connectivity index (χ0n) is 3.64. The lowest BCUT2D eigenvalue weighted by atomic mass is 10.7. The van der Waals surface area contributed by atoms with Crippen molar-refractivity contribution in [2.75, 3.05) is 0 Å². The van der Waals surface area contributed by atoms with Crippen molar-refractivity contribution in [3.63, 3.8) is 0 Å². The Labute approximate surface area is 31.6 Å². The van der Waals surface area contributed by atoms with Crippen molar-refractivity contribution in [1.82, 2.24) is 0 Å². The highest BCUT2D eigenvalue weighted by Gasteiger charge is 1.58. The fourth-order valence-corrected chi connectivity index (χ4v) is 0.196. The van der Waals surface area contributed by atoms with Gasteiger partial charge in [-0.1, -0.05) is 0 Å². The van der Waals surface area contributed by atoms with E-state index in [9.17, 15) is 0 Å². The molecule has 0 aromatic carbocycles. The van der Waals surface area contributed by atoms with E-state index in [1.807, 2.05) is 0 Å². The maximum atomic E-state index is 6.78. The van der Waals surface area contributed by atoms with Crippen LogP contribution in [0.1, 0.15) is 1.37 Å². The van der Waals surface area contributed by atoms with Crippen molar-refractivity contribution in [3.8, 4) is 0 Å². The SMILES string of the molecule is [2H]c1ccoc1. The second-order valence-electron chi connectivity index (χ2n) is 0.723. The summed E-state index contributed by atoms with van der Waals surface area (Å²) in [6.45, 7) is 0. The molecule has 26 valence electrons. The lowest BCUT2D eigenvalue weighted by molar-refractivity contribution is 0.567. The third-order valence-corrected chi connectivity index (χ3v) is 0.379. The van der Waals surface area contributed by atoms with Crippen LogP contribution in [-0.2, 0) is 0 Å². The van der Waals surface area contributed by atoms with Crippen molar-refractivity contribution in [3.05, 3.63) is 24.6 Å². The van der Waals surface area contributed by atoms with E-state index in [2.05, 4.69) is 4.42 Å². The molecule has 0 aliphatic carbocycles. The van der Waals surface area contributed by atoms with Gasteiger partial charge in [0.25, 0.3) is 0 Å². The monoisotopic (exact) mass is 69.0 g/mol. The molecule has 0 radical (unpaired) electrons. The maximum absolute atomic E-state index is 6.78. The first kappa shape index (κ1) is 1.65. The van der Waals surface area contributed by atoms with Gasteiger partial charge < -0.3 is 4.42 Å². The zero-order chi connectivity index (χ0) is 4.41. The molecule has 5 heavy (non-hydrogen) atoms. The van der Waals surface area contributed by atoms with Gasteiger partial charge >= 0.3 is 0 Å². The van der Waals surface area contributed by atoms with Crippen LogP contribution in [0.4, 0.5) is 0 Å². The molecule has 0 aliphatic rings. The highest BCUT2D eigenvalue weighted by Crippen LogP contribution is 1.79. The van der Waals surface area contributed by atoms with Crippen molar-refractivity contribution >= 4 is 0 Å². The predicted octanol–water partition coefficient (Wildman–Crippen LogP) is 1.28. The summed E-state index contributed by atoms with van der Waals surface area (Å²) in [6.07, 6.45) is 2.85. The first-order valence-corrected chi connectivity index (χ1v) is 1.38. The third kappa shape index (κ3) is 0.293. The molecule has 1 aromatic rings. The van der Waals surface area contributed by atoms with Gasteiger partial charge in [0.15, 0.2) is 0 Å². The van der Waals surface area contributed by atoms with Crippen LogP contribution >= 0.6 is 0 Å². The van der Waals surface area contributed by atoms with E-state index < -0.39 is 0 Å². The molecule has 0 saturated carbocycles. The standard InChI is InChI=1S/C4H4O/c1-2-4-5-3-1/h1-4H/i1D. The lowest BCUT2D eigenvalue weighted by Crippen LogP contribution is -1.16. The molecule has 0 unspecified atom stereocenters. The van der Waals surface area contributed by atoms with Crippen molar-refractivity contribution in [2.45, 2.75) is 0 Å². The lowest BCUT2D eigenvalue weighted by Gasteiger charge is -1.50. The molecule has 0 bridgehead atoms. The normalized spacial score (nSPS) is 10.8. The van der Waals surface area contributed by atoms with Gasteiger partial charge in [-0.3, -0.25) is 0 Å². The van der Waals surface area contributed by atoms with Gasteiger partial charge in [-0.25, -0.2) is 0 Å². The zero-order valence-corrected chi connectivity index (χ0v) is 2.64. The number of hydrogen-bond donors (Lipinski definition) is 0. The molecule has 1 aromatic heterocycles. The largest absolute Gasteiger partial charge is 0.473 e. The Balaban J connectivity index is 3.05. The van der Waals surface area contributed by atoms with Crippen LogP contribution in [0.25, 0.3) is 0 Å². The summed E-state index contributed by atoms with van der Waals surface area (Å²) in [7, 11) is 0. The van der Waals surface area contributed by atoms with Gasteiger partial charge in [0.05, 0.1) is 13.9 Å². The fourth-order valence-electron chi connectivity index (χ4n) is 0.196. The van der Waals surface area contributed by atoms with Crippen LogP contribution in [0, 0.1) is 0 Å². The van der Waals surface area contributed by atoms with Gasteiger partial charge in [0, 0.05) is 0 Å². The molecule has 1 rings (SSSR count). The Morgan fingerprint density at radius 1 is 1.60 bits per heavy atom. The van der Waals surface area contributed by atoms with Gasteiger partial charge in [-0.05, 0) is 12.1 Å². The molecule has 1 nitrogen and oxygen atoms in total. The minimum Gasteiger partial charge on any atom is -0.473 e. The molecule has 1 heterocycles. The van der Waals surface area contributed by atoms with Crippen LogP contribution in [0.5, 0.6) is 0 Å². The summed E-state index contributed by atoms with van der Waals surface area (Å²) in [6, 6.07) is 2.01. The van der Waals surface area contributed by atoms with E-state index in [4.69, 9.17) is 1.37 Å². The Kier molecular flexibility index (Phi) is 0.307. The summed E-state index contributed by atoms with van der Waals surface area (Å²) >= 11 is 0. The Morgan fingerprint density at radius 3 is 2.80 bits per heavy atom. The van der Waals surface area contributed by atoms with E-state index in [1.165, 1.54) is 12.5 Å². The fraction of sp³-hybridized carbons (Fsp3) is 0. The average molecular weight is 69.1 g/mol. The second kappa shape index (κ2) is 0.931. The molecule has 0 fully saturated rings. The molecule has 0 atom stereocenters.